The Kier molecular flexibility index (Phi) is 41.6. The number of piperidine rings is 1. The normalized spacial score (nSPS) is 15.9. The van der Waals surface area contributed by atoms with Crippen molar-refractivity contribution in [3.8, 4) is 0 Å². The van der Waals surface area contributed by atoms with E-state index in [1.54, 1.807) is 6.92 Å². The number of rotatable bonds is 30. The molecule has 0 spiro atoms. The molecule has 2 saturated heterocycles. The molecule has 15 heteroatoms. The fourth-order valence-corrected chi connectivity index (χ4v) is 4.56. The number of carbonyl (C=O) groups excluding carboxylic acids is 4. The molecule has 1 N–H and O–H groups in total. The second kappa shape index (κ2) is 41.6. The smallest absolute Gasteiger partial charge is 0.232 e. The number of carbonyl (C=O) groups is 4. The highest BCUT2D eigenvalue weighted by Gasteiger charge is 2.35. The quantitative estimate of drug-likeness (QED) is 0.0639. The molecule has 326 valence electrons. The maximum Gasteiger partial charge on any atom is 0.232 e. The van der Waals surface area contributed by atoms with Crippen molar-refractivity contribution < 1.29 is 57.1 Å². The molecule has 3 amide bonds. The maximum absolute atomic E-state index is 11.9. The molecule has 2 aliphatic rings. The number of ether oxygens (including phenoxy) is 8. The maximum atomic E-state index is 11.9. The monoisotopic (exact) mass is 794 g/mol. The molecule has 2 aliphatic heterocycles. The van der Waals surface area contributed by atoms with Gasteiger partial charge in [0, 0.05) is 38.3 Å². The first-order chi connectivity index (χ1) is 26.6. The largest absolute Gasteiger partial charge is 0.379 e. The van der Waals surface area contributed by atoms with Crippen LogP contribution in [-0.4, -0.2) is 173 Å². The van der Waals surface area contributed by atoms with Crippen LogP contribution in [0.4, 0.5) is 0 Å². The van der Waals surface area contributed by atoms with E-state index in [0.29, 0.717) is 119 Å². The number of likely N-dealkylation sites (tertiary alicyclic amines) is 2. The van der Waals surface area contributed by atoms with Crippen LogP contribution in [0.2, 0.25) is 0 Å². The lowest BCUT2D eigenvalue weighted by atomic mass is 10.00. The molecule has 2 heterocycles. The van der Waals surface area contributed by atoms with Gasteiger partial charge in [-0.15, -0.1) is 0 Å². The van der Waals surface area contributed by atoms with Gasteiger partial charge in [-0.25, -0.2) is 0 Å². The zero-order valence-electron chi connectivity index (χ0n) is 35.8. The van der Waals surface area contributed by atoms with E-state index in [2.05, 4.69) is 45.0 Å². The summed E-state index contributed by atoms with van der Waals surface area (Å²) in [5, 5.41) is 2.70. The van der Waals surface area contributed by atoms with Gasteiger partial charge in [0.2, 0.25) is 17.7 Å². The van der Waals surface area contributed by atoms with E-state index in [4.69, 9.17) is 37.9 Å². The van der Waals surface area contributed by atoms with Crippen molar-refractivity contribution in [1.29, 1.82) is 0 Å². The Morgan fingerprint density at radius 2 is 1.05 bits per heavy atom. The molecule has 0 bridgehead atoms. The lowest BCUT2D eigenvalue weighted by Gasteiger charge is -2.26. The third-order valence-corrected chi connectivity index (χ3v) is 7.59. The summed E-state index contributed by atoms with van der Waals surface area (Å²) in [5.41, 5.74) is 0. The van der Waals surface area contributed by atoms with Crippen LogP contribution in [0.3, 0.4) is 0 Å². The van der Waals surface area contributed by atoms with Crippen molar-refractivity contribution in [2.75, 3.05) is 139 Å². The standard InChI is InChI=1S/C27H48N2O12.C7H15N.C4H10.C2H6/c1-24-23-26(32)29(27(24)33)5-3-25(31)28-4-8-35-10-12-37-14-16-39-18-20-41-22-21-40-19-17-38-15-13-36-11-9-34-7-2-6-30;1-7-3-5-8(2)6-4-7;1-4(2)3;1-2/h6,24H,2-5,7-23H2,1H3,(H,28,31);7H,3-6H2,1-2H3;4H,1-3H3;1-2H3. The van der Waals surface area contributed by atoms with Crippen LogP contribution < -0.4 is 5.32 Å². The topological polar surface area (TPSA) is 161 Å². The minimum absolute atomic E-state index is 0.0863. The van der Waals surface area contributed by atoms with Gasteiger partial charge in [0.05, 0.1) is 106 Å². The Balaban J connectivity index is 0. The Labute approximate surface area is 333 Å². The summed E-state index contributed by atoms with van der Waals surface area (Å²) in [6, 6.07) is 0. The van der Waals surface area contributed by atoms with Crippen molar-refractivity contribution in [3.05, 3.63) is 0 Å². The van der Waals surface area contributed by atoms with Gasteiger partial charge < -0.3 is 52.9 Å². The van der Waals surface area contributed by atoms with Crippen molar-refractivity contribution in [2.45, 2.75) is 80.6 Å². The first-order valence-electron chi connectivity index (χ1n) is 20.4. The Hall–Kier alpha value is -2.08. The van der Waals surface area contributed by atoms with Crippen LogP contribution in [0.25, 0.3) is 0 Å². The minimum atomic E-state index is -0.299. The van der Waals surface area contributed by atoms with Gasteiger partial charge in [-0.3, -0.25) is 19.3 Å². The predicted octanol–water partition coefficient (Wildman–Crippen LogP) is 3.65. The molecule has 0 aromatic carbocycles. The van der Waals surface area contributed by atoms with E-state index in [1.165, 1.54) is 25.9 Å². The molecular formula is C40H79N3O12. The summed E-state index contributed by atoms with van der Waals surface area (Å²) in [6.07, 6.45) is 4.33. The van der Waals surface area contributed by atoms with E-state index in [0.717, 1.165) is 23.0 Å². The molecule has 1 atom stereocenters. The van der Waals surface area contributed by atoms with Crippen LogP contribution in [0.15, 0.2) is 0 Å². The van der Waals surface area contributed by atoms with Gasteiger partial charge in [-0.1, -0.05) is 48.5 Å². The SMILES string of the molecule is CC.CC(C)C.CC1CC(=O)N(CCC(=O)NCCOCCOCCOCCOCCOCCOCCOCCOCCC=O)C1=O.CC1CCN(C)CC1. The fraction of sp³-hybridized carbons (Fsp3) is 0.900. The summed E-state index contributed by atoms with van der Waals surface area (Å²) < 4.78 is 43.0. The molecule has 0 saturated carbocycles. The summed E-state index contributed by atoms with van der Waals surface area (Å²) in [5.74, 6) is 0.854. The van der Waals surface area contributed by atoms with Crippen molar-refractivity contribution in [3.63, 3.8) is 0 Å². The first kappa shape index (κ1) is 55.0. The molecule has 0 aliphatic carbocycles. The van der Waals surface area contributed by atoms with Gasteiger partial charge >= 0.3 is 0 Å². The van der Waals surface area contributed by atoms with E-state index < -0.39 is 0 Å². The molecule has 55 heavy (non-hydrogen) atoms. The summed E-state index contributed by atoms with van der Waals surface area (Å²) in [7, 11) is 2.20. The van der Waals surface area contributed by atoms with Crippen molar-refractivity contribution >= 4 is 24.0 Å². The molecule has 2 fully saturated rings. The number of hydrogen-bond donors (Lipinski definition) is 1. The Morgan fingerprint density at radius 3 is 1.38 bits per heavy atom. The van der Waals surface area contributed by atoms with Gasteiger partial charge in [0.25, 0.3) is 0 Å². The van der Waals surface area contributed by atoms with Gasteiger partial charge in [-0.05, 0) is 44.8 Å². The minimum Gasteiger partial charge on any atom is -0.379 e. The van der Waals surface area contributed by atoms with E-state index in [-0.39, 0.29) is 43.0 Å². The summed E-state index contributed by atoms with van der Waals surface area (Å²) in [6.45, 7) is 24.8. The number of nitrogens with zero attached hydrogens (tertiary/aromatic N) is 2. The predicted molar refractivity (Wildman–Crippen MR) is 213 cm³/mol. The van der Waals surface area contributed by atoms with E-state index >= 15 is 0 Å². The van der Waals surface area contributed by atoms with Gasteiger partial charge in [-0.2, -0.15) is 0 Å². The van der Waals surface area contributed by atoms with Crippen molar-refractivity contribution in [2.24, 2.45) is 17.8 Å². The van der Waals surface area contributed by atoms with Crippen LogP contribution in [0.1, 0.15) is 80.6 Å². The highest BCUT2D eigenvalue weighted by molar-refractivity contribution is 6.03. The lowest BCUT2D eigenvalue weighted by Crippen LogP contribution is -2.35. The van der Waals surface area contributed by atoms with E-state index in [9.17, 15) is 19.2 Å². The summed E-state index contributed by atoms with van der Waals surface area (Å²) >= 11 is 0. The van der Waals surface area contributed by atoms with Crippen LogP contribution in [0, 0.1) is 17.8 Å². The Morgan fingerprint density at radius 1 is 0.691 bits per heavy atom. The van der Waals surface area contributed by atoms with Crippen LogP contribution in [0.5, 0.6) is 0 Å². The zero-order valence-corrected chi connectivity index (χ0v) is 35.8. The molecular weight excluding hydrogens is 714 g/mol. The molecule has 1 unspecified atom stereocenters. The van der Waals surface area contributed by atoms with Crippen LogP contribution in [-0.2, 0) is 57.1 Å². The lowest BCUT2D eigenvalue weighted by molar-refractivity contribution is -0.139. The van der Waals surface area contributed by atoms with Crippen LogP contribution >= 0.6 is 0 Å². The molecule has 0 aromatic rings. The van der Waals surface area contributed by atoms with E-state index in [1.807, 2.05) is 13.8 Å². The third kappa shape index (κ3) is 38.6. The average Bonchev–Trinajstić information content (AvgIpc) is 3.41. The average molecular weight is 794 g/mol. The number of imide groups is 1. The second-order valence-corrected chi connectivity index (χ2v) is 13.7. The molecule has 0 aromatic heterocycles. The number of aldehydes is 1. The number of amides is 3. The number of hydrogen-bond acceptors (Lipinski definition) is 13. The highest BCUT2D eigenvalue weighted by atomic mass is 16.6. The van der Waals surface area contributed by atoms with Gasteiger partial charge in [0.15, 0.2) is 0 Å². The fourth-order valence-electron chi connectivity index (χ4n) is 4.56. The molecule has 15 nitrogen and oxygen atoms in total. The summed E-state index contributed by atoms with van der Waals surface area (Å²) in [4.78, 5) is 49.1. The van der Waals surface area contributed by atoms with Gasteiger partial charge in [0.1, 0.15) is 6.29 Å². The van der Waals surface area contributed by atoms with Crippen molar-refractivity contribution in [1.82, 2.24) is 15.1 Å². The third-order valence-electron chi connectivity index (χ3n) is 7.59. The molecule has 2 rings (SSSR count). The first-order valence-corrected chi connectivity index (χ1v) is 20.4. The highest BCUT2D eigenvalue weighted by Crippen LogP contribution is 2.18. The number of nitrogens with one attached hydrogen (secondary N) is 1. The molecule has 0 radical (unpaired) electrons. The zero-order chi connectivity index (χ0) is 41.4. The second-order valence-electron chi connectivity index (χ2n) is 13.7. The Bertz CT molecular complexity index is 879.